The first-order chi connectivity index (χ1) is 7.66. The van der Waals surface area contributed by atoms with E-state index in [2.05, 4.69) is 10.1 Å². The van der Waals surface area contributed by atoms with Gasteiger partial charge in [-0.15, -0.1) is 0 Å². The topological polar surface area (TPSA) is 64.3 Å². The SMILES string of the molecule is NCCCCCNC(=O)CCOCC(F)F. The van der Waals surface area contributed by atoms with E-state index in [9.17, 15) is 13.6 Å². The zero-order valence-corrected chi connectivity index (χ0v) is 9.38. The Labute approximate surface area is 94.5 Å². The van der Waals surface area contributed by atoms with Gasteiger partial charge in [0, 0.05) is 13.0 Å². The fourth-order valence-electron chi connectivity index (χ4n) is 1.10. The molecule has 0 unspecified atom stereocenters. The van der Waals surface area contributed by atoms with Crippen LogP contribution in [0.25, 0.3) is 0 Å². The number of hydrogen-bond donors (Lipinski definition) is 2. The van der Waals surface area contributed by atoms with Gasteiger partial charge in [0.2, 0.25) is 5.91 Å². The Morgan fingerprint density at radius 2 is 2.06 bits per heavy atom. The third-order valence-electron chi connectivity index (χ3n) is 1.92. The van der Waals surface area contributed by atoms with Gasteiger partial charge in [-0.25, -0.2) is 8.78 Å². The zero-order chi connectivity index (χ0) is 12.2. The molecule has 0 spiro atoms. The molecule has 0 aliphatic rings. The van der Waals surface area contributed by atoms with Crippen molar-refractivity contribution in [3.05, 3.63) is 0 Å². The fourth-order valence-corrected chi connectivity index (χ4v) is 1.10. The van der Waals surface area contributed by atoms with Gasteiger partial charge in [-0.2, -0.15) is 0 Å². The van der Waals surface area contributed by atoms with Crippen molar-refractivity contribution in [1.82, 2.24) is 5.32 Å². The van der Waals surface area contributed by atoms with Crippen molar-refractivity contribution >= 4 is 5.91 Å². The summed E-state index contributed by atoms with van der Waals surface area (Å²) in [4.78, 5) is 11.1. The quantitative estimate of drug-likeness (QED) is 0.556. The first-order valence-corrected chi connectivity index (χ1v) is 5.49. The molecule has 0 aromatic rings. The van der Waals surface area contributed by atoms with E-state index in [0.717, 1.165) is 19.3 Å². The molecule has 0 rings (SSSR count). The Kier molecular flexibility index (Phi) is 10.3. The van der Waals surface area contributed by atoms with E-state index < -0.39 is 13.0 Å². The molecule has 0 fully saturated rings. The first kappa shape index (κ1) is 15.2. The molecule has 0 atom stereocenters. The summed E-state index contributed by atoms with van der Waals surface area (Å²) in [7, 11) is 0. The molecule has 96 valence electrons. The molecule has 0 bridgehead atoms. The van der Waals surface area contributed by atoms with E-state index in [1.807, 2.05) is 0 Å². The Bertz CT molecular complexity index is 180. The van der Waals surface area contributed by atoms with Crippen molar-refractivity contribution in [2.45, 2.75) is 32.1 Å². The molecule has 4 nitrogen and oxygen atoms in total. The number of amides is 1. The number of ether oxygens (including phenoxy) is 1. The number of unbranched alkanes of at least 4 members (excludes halogenated alkanes) is 2. The second-order valence-electron chi connectivity index (χ2n) is 3.42. The zero-order valence-electron chi connectivity index (χ0n) is 9.38. The van der Waals surface area contributed by atoms with Crippen molar-refractivity contribution in [2.24, 2.45) is 5.73 Å². The second kappa shape index (κ2) is 10.8. The van der Waals surface area contributed by atoms with Crippen LogP contribution in [0, 0.1) is 0 Å². The summed E-state index contributed by atoms with van der Waals surface area (Å²) in [6.45, 7) is 0.700. The molecule has 3 N–H and O–H groups in total. The first-order valence-electron chi connectivity index (χ1n) is 5.49. The van der Waals surface area contributed by atoms with E-state index in [-0.39, 0.29) is 18.9 Å². The normalized spacial score (nSPS) is 10.8. The van der Waals surface area contributed by atoms with Crippen LogP contribution in [0.15, 0.2) is 0 Å². The summed E-state index contributed by atoms with van der Waals surface area (Å²) in [5.41, 5.74) is 5.31. The van der Waals surface area contributed by atoms with Gasteiger partial charge in [0.05, 0.1) is 6.61 Å². The largest absolute Gasteiger partial charge is 0.375 e. The average Bonchev–Trinajstić information content (AvgIpc) is 2.24. The van der Waals surface area contributed by atoms with Crippen LogP contribution >= 0.6 is 0 Å². The predicted molar refractivity (Wildman–Crippen MR) is 57.4 cm³/mol. The molecular formula is C10H20F2N2O2. The molecular weight excluding hydrogens is 218 g/mol. The number of alkyl halides is 2. The molecule has 1 amide bonds. The number of halogens is 2. The van der Waals surface area contributed by atoms with Crippen LogP contribution in [0.2, 0.25) is 0 Å². The van der Waals surface area contributed by atoms with Gasteiger partial charge in [-0.3, -0.25) is 4.79 Å². The molecule has 0 aliphatic heterocycles. The van der Waals surface area contributed by atoms with Crippen molar-refractivity contribution in [2.75, 3.05) is 26.3 Å². The molecule has 0 radical (unpaired) electrons. The Morgan fingerprint density at radius 1 is 1.31 bits per heavy atom. The lowest BCUT2D eigenvalue weighted by Gasteiger charge is -2.05. The summed E-state index contributed by atoms with van der Waals surface area (Å²) >= 11 is 0. The minimum Gasteiger partial charge on any atom is -0.375 e. The molecule has 0 heterocycles. The van der Waals surface area contributed by atoms with E-state index in [4.69, 9.17) is 5.73 Å². The van der Waals surface area contributed by atoms with Gasteiger partial charge in [0.25, 0.3) is 6.43 Å². The molecule has 0 aliphatic carbocycles. The third kappa shape index (κ3) is 11.3. The number of nitrogens with one attached hydrogen (secondary N) is 1. The third-order valence-corrected chi connectivity index (χ3v) is 1.92. The number of rotatable bonds is 10. The highest BCUT2D eigenvalue weighted by atomic mass is 19.3. The monoisotopic (exact) mass is 238 g/mol. The highest BCUT2D eigenvalue weighted by Gasteiger charge is 2.04. The Morgan fingerprint density at radius 3 is 2.69 bits per heavy atom. The maximum absolute atomic E-state index is 11.6. The van der Waals surface area contributed by atoms with Crippen molar-refractivity contribution in [1.29, 1.82) is 0 Å². The summed E-state index contributed by atoms with van der Waals surface area (Å²) in [5.74, 6) is -0.165. The maximum atomic E-state index is 11.6. The van der Waals surface area contributed by atoms with E-state index in [0.29, 0.717) is 13.1 Å². The van der Waals surface area contributed by atoms with Gasteiger partial charge >= 0.3 is 0 Å². The van der Waals surface area contributed by atoms with Crippen molar-refractivity contribution < 1.29 is 18.3 Å². The molecule has 0 saturated heterocycles. The lowest BCUT2D eigenvalue weighted by atomic mass is 10.2. The van der Waals surface area contributed by atoms with Gasteiger partial charge in [-0.1, -0.05) is 6.42 Å². The van der Waals surface area contributed by atoms with E-state index >= 15 is 0 Å². The number of carbonyl (C=O) groups excluding carboxylic acids is 1. The summed E-state index contributed by atoms with van der Waals surface area (Å²) in [6, 6.07) is 0. The van der Waals surface area contributed by atoms with Crippen LogP contribution in [0.1, 0.15) is 25.7 Å². The average molecular weight is 238 g/mol. The minimum absolute atomic E-state index is 0.0406. The number of hydrogen-bond acceptors (Lipinski definition) is 3. The van der Waals surface area contributed by atoms with Crippen LogP contribution < -0.4 is 11.1 Å². The molecule has 0 aromatic heterocycles. The predicted octanol–water partition coefficient (Wildman–Crippen LogP) is 0.903. The number of nitrogens with two attached hydrogens (primary N) is 1. The van der Waals surface area contributed by atoms with Gasteiger partial charge in [-0.05, 0) is 19.4 Å². The highest BCUT2D eigenvalue weighted by Crippen LogP contribution is 1.94. The van der Waals surface area contributed by atoms with Crippen molar-refractivity contribution in [3.8, 4) is 0 Å². The molecule has 0 aromatic carbocycles. The van der Waals surface area contributed by atoms with Crippen LogP contribution in [0.3, 0.4) is 0 Å². The highest BCUT2D eigenvalue weighted by molar-refractivity contribution is 5.75. The van der Waals surface area contributed by atoms with Crippen LogP contribution in [-0.2, 0) is 9.53 Å². The molecule has 16 heavy (non-hydrogen) atoms. The summed E-state index contributed by atoms with van der Waals surface area (Å²) in [6.07, 6.45) is 0.482. The van der Waals surface area contributed by atoms with E-state index in [1.165, 1.54) is 0 Å². The number of carbonyl (C=O) groups is 1. The minimum atomic E-state index is -2.47. The summed E-state index contributed by atoms with van der Waals surface area (Å²) < 4.78 is 27.9. The summed E-state index contributed by atoms with van der Waals surface area (Å²) in [5, 5.41) is 2.68. The molecule has 0 saturated carbocycles. The van der Waals surface area contributed by atoms with Crippen molar-refractivity contribution in [3.63, 3.8) is 0 Å². The second-order valence-corrected chi connectivity index (χ2v) is 3.42. The Balaban J connectivity index is 3.18. The van der Waals surface area contributed by atoms with Gasteiger partial charge < -0.3 is 15.8 Å². The van der Waals surface area contributed by atoms with Crippen LogP contribution in [-0.4, -0.2) is 38.6 Å². The van der Waals surface area contributed by atoms with Crippen LogP contribution in [0.5, 0.6) is 0 Å². The lowest BCUT2D eigenvalue weighted by Crippen LogP contribution is -2.25. The van der Waals surface area contributed by atoms with E-state index in [1.54, 1.807) is 0 Å². The standard InChI is InChI=1S/C10H20F2N2O2/c11-9(12)8-16-7-4-10(15)14-6-3-1-2-5-13/h9H,1-8,13H2,(H,14,15). The van der Waals surface area contributed by atoms with Crippen LogP contribution in [0.4, 0.5) is 8.78 Å². The Hall–Kier alpha value is -0.750. The lowest BCUT2D eigenvalue weighted by molar-refractivity contribution is -0.122. The fraction of sp³-hybridized carbons (Fsp3) is 0.900. The van der Waals surface area contributed by atoms with Gasteiger partial charge in [0.1, 0.15) is 6.61 Å². The molecule has 6 heteroatoms. The maximum Gasteiger partial charge on any atom is 0.261 e. The smallest absolute Gasteiger partial charge is 0.261 e. The van der Waals surface area contributed by atoms with Gasteiger partial charge in [0.15, 0.2) is 0 Å².